The zero-order valence-corrected chi connectivity index (χ0v) is 21.8. The van der Waals surface area contributed by atoms with E-state index in [2.05, 4.69) is 143 Å². The standard InChI is InChI=1S/C36H22N2S/c1-3-11-23(12-4-1)37-29-17-9-7-15-25(29)27-21-28-32(22-31(27)37)38(24-13-5-2-6-14-24)30-19-20-34-36(35(28)30)26-16-8-10-18-33(26)39-34/h1-22H. The van der Waals surface area contributed by atoms with Crippen LogP contribution in [0.5, 0.6) is 0 Å². The Kier molecular flexibility index (Phi) is 4.24. The van der Waals surface area contributed by atoms with Crippen LogP contribution in [0.4, 0.5) is 0 Å². The average molecular weight is 515 g/mol. The van der Waals surface area contributed by atoms with E-state index in [0.29, 0.717) is 0 Å². The molecule has 0 aliphatic rings. The summed E-state index contributed by atoms with van der Waals surface area (Å²) in [6, 6.07) is 48.6. The molecule has 0 fully saturated rings. The number of fused-ring (bicyclic) bond motifs is 10. The summed E-state index contributed by atoms with van der Waals surface area (Å²) >= 11 is 1.88. The van der Waals surface area contributed by atoms with Gasteiger partial charge in [0.1, 0.15) is 0 Å². The number of hydrogen-bond acceptors (Lipinski definition) is 1. The van der Waals surface area contributed by atoms with Crippen LogP contribution in [-0.2, 0) is 0 Å². The number of aromatic nitrogens is 2. The Labute approximate surface area is 228 Å². The van der Waals surface area contributed by atoms with Crippen LogP contribution in [0, 0.1) is 0 Å². The predicted molar refractivity (Wildman–Crippen MR) is 168 cm³/mol. The summed E-state index contributed by atoms with van der Waals surface area (Å²) < 4.78 is 7.53. The van der Waals surface area contributed by atoms with E-state index in [-0.39, 0.29) is 0 Å². The fraction of sp³-hybridized carbons (Fsp3) is 0. The second kappa shape index (κ2) is 7.83. The van der Waals surface area contributed by atoms with Crippen LogP contribution in [0.25, 0.3) is 75.2 Å². The molecule has 182 valence electrons. The molecule has 0 aliphatic heterocycles. The Morgan fingerprint density at radius 3 is 1.74 bits per heavy atom. The molecule has 9 rings (SSSR count). The van der Waals surface area contributed by atoms with Crippen molar-refractivity contribution in [2.24, 2.45) is 0 Å². The van der Waals surface area contributed by atoms with E-state index in [0.717, 1.165) is 0 Å². The van der Waals surface area contributed by atoms with Crippen molar-refractivity contribution in [2.75, 3.05) is 0 Å². The molecule has 6 aromatic carbocycles. The van der Waals surface area contributed by atoms with Gasteiger partial charge in [-0.1, -0.05) is 72.8 Å². The highest BCUT2D eigenvalue weighted by Crippen LogP contribution is 2.45. The molecular formula is C36H22N2S. The van der Waals surface area contributed by atoms with Gasteiger partial charge in [0.25, 0.3) is 0 Å². The molecule has 0 N–H and O–H groups in total. The lowest BCUT2D eigenvalue weighted by molar-refractivity contribution is 1.16. The first kappa shape index (κ1) is 21.1. The molecule has 0 spiro atoms. The molecule has 0 unspecified atom stereocenters. The summed E-state index contributed by atoms with van der Waals surface area (Å²) in [4.78, 5) is 0. The van der Waals surface area contributed by atoms with E-state index in [9.17, 15) is 0 Å². The molecule has 0 saturated heterocycles. The minimum atomic E-state index is 1.18. The zero-order valence-electron chi connectivity index (χ0n) is 21.0. The third-order valence-corrected chi connectivity index (χ3v) is 9.23. The second-order valence-electron chi connectivity index (χ2n) is 10.2. The van der Waals surface area contributed by atoms with Crippen LogP contribution in [0.1, 0.15) is 0 Å². The Hall–Kier alpha value is -4.86. The van der Waals surface area contributed by atoms with Gasteiger partial charge in [0.05, 0.1) is 22.1 Å². The van der Waals surface area contributed by atoms with Crippen molar-refractivity contribution in [1.82, 2.24) is 9.13 Å². The van der Waals surface area contributed by atoms with Gasteiger partial charge >= 0.3 is 0 Å². The van der Waals surface area contributed by atoms with Crippen LogP contribution in [0.15, 0.2) is 133 Å². The fourth-order valence-electron chi connectivity index (χ4n) is 6.49. The topological polar surface area (TPSA) is 9.86 Å². The predicted octanol–water partition coefficient (Wildman–Crippen LogP) is 10.2. The molecule has 2 nitrogen and oxygen atoms in total. The molecule has 0 bridgehead atoms. The van der Waals surface area contributed by atoms with Crippen LogP contribution in [-0.4, -0.2) is 9.13 Å². The molecule has 39 heavy (non-hydrogen) atoms. The van der Waals surface area contributed by atoms with Gasteiger partial charge in [-0.2, -0.15) is 0 Å². The monoisotopic (exact) mass is 514 g/mol. The zero-order chi connectivity index (χ0) is 25.5. The van der Waals surface area contributed by atoms with Crippen LogP contribution in [0.3, 0.4) is 0 Å². The fourth-order valence-corrected chi connectivity index (χ4v) is 7.61. The Bertz CT molecular complexity index is 2370. The quantitative estimate of drug-likeness (QED) is 0.217. The van der Waals surface area contributed by atoms with Crippen molar-refractivity contribution in [3.05, 3.63) is 133 Å². The summed E-state index contributed by atoms with van der Waals surface area (Å²) in [7, 11) is 0. The summed E-state index contributed by atoms with van der Waals surface area (Å²) in [6.45, 7) is 0. The molecule has 0 radical (unpaired) electrons. The van der Waals surface area contributed by atoms with Crippen molar-refractivity contribution in [1.29, 1.82) is 0 Å². The van der Waals surface area contributed by atoms with Gasteiger partial charge < -0.3 is 9.13 Å². The van der Waals surface area contributed by atoms with Gasteiger partial charge in [0.2, 0.25) is 0 Å². The third-order valence-electron chi connectivity index (χ3n) is 8.09. The van der Waals surface area contributed by atoms with E-state index >= 15 is 0 Å². The SMILES string of the molecule is c1ccc(-n2c3ccccc3c3cc4c5c6c(ccc5n(-c5ccccc5)c4cc32)sc2ccccc26)cc1. The van der Waals surface area contributed by atoms with Gasteiger partial charge in [-0.25, -0.2) is 0 Å². The summed E-state index contributed by atoms with van der Waals surface area (Å²) in [5.74, 6) is 0. The van der Waals surface area contributed by atoms with Crippen molar-refractivity contribution >= 4 is 75.1 Å². The van der Waals surface area contributed by atoms with Crippen LogP contribution >= 0.6 is 11.3 Å². The number of para-hydroxylation sites is 3. The van der Waals surface area contributed by atoms with Gasteiger partial charge in [-0.15, -0.1) is 11.3 Å². The number of rotatable bonds is 2. The van der Waals surface area contributed by atoms with Gasteiger partial charge in [-0.05, 0) is 60.7 Å². The van der Waals surface area contributed by atoms with E-state index < -0.39 is 0 Å². The van der Waals surface area contributed by atoms with E-state index in [4.69, 9.17) is 0 Å². The Morgan fingerprint density at radius 2 is 0.974 bits per heavy atom. The lowest BCUT2D eigenvalue weighted by Crippen LogP contribution is -1.95. The van der Waals surface area contributed by atoms with Crippen molar-refractivity contribution < 1.29 is 0 Å². The van der Waals surface area contributed by atoms with Gasteiger partial charge in [0, 0.05) is 53.1 Å². The molecule has 9 aromatic rings. The van der Waals surface area contributed by atoms with Gasteiger partial charge in [0.15, 0.2) is 0 Å². The normalized spacial score (nSPS) is 12.1. The number of thiophene rings is 1. The maximum atomic E-state index is 2.45. The lowest BCUT2D eigenvalue weighted by Gasteiger charge is -2.10. The number of benzene rings is 6. The smallest absolute Gasteiger partial charge is 0.0562 e. The lowest BCUT2D eigenvalue weighted by atomic mass is 10.0. The van der Waals surface area contributed by atoms with Crippen molar-refractivity contribution in [3.63, 3.8) is 0 Å². The maximum Gasteiger partial charge on any atom is 0.0562 e. The maximum absolute atomic E-state index is 2.45. The highest BCUT2D eigenvalue weighted by atomic mass is 32.1. The first-order chi connectivity index (χ1) is 19.4. The molecule has 0 amide bonds. The van der Waals surface area contributed by atoms with Crippen molar-refractivity contribution in [3.8, 4) is 11.4 Å². The van der Waals surface area contributed by atoms with Crippen LogP contribution < -0.4 is 0 Å². The highest BCUT2D eigenvalue weighted by Gasteiger charge is 2.21. The van der Waals surface area contributed by atoms with Gasteiger partial charge in [-0.3, -0.25) is 0 Å². The molecule has 3 heterocycles. The van der Waals surface area contributed by atoms with E-state index in [1.54, 1.807) is 0 Å². The molecule has 0 saturated carbocycles. The van der Waals surface area contributed by atoms with E-state index in [1.165, 1.54) is 75.2 Å². The minimum absolute atomic E-state index is 1.18. The summed E-state index contributed by atoms with van der Waals surface area (Å²) in [5.41, 5.74) is 7.28. The average Bonchev–Trinajstić information content (AvgIpc) is 3.64. The largest absolute Gasteiger partial charge is 0.309 e. The van der Waals surface area contributed by atoms with Crippen LogP contribution in [0.2, 0.25) is 0 Å². The van der Waals surface area contributed by atoms with Crippen molar-refractivity contribution in [2.45, 2.75) is 0 Å². The Morgan fingerprint density at radius 1 is 0.359 bits per heavy atom. The van der Waals surface area contributed by atoms with E-state index in [1.807, 2.05) is 11.3 Å². The number of nitrogens with zero attached hydrogens (tertiary/aromatic N) is 2. The molecule has 0 atom stereocenters. The summed E-state index contributed by atoms with van der Waals surface area (Å²) in [6.07, 6.45) is 0. The Balaban J connectivity index is 1.55. The second-order valence-corrected chi connectivity index (χ2v) is 11.3. The first-order valence-electron chi connectivity index (χ1n) is 13.3. The molecule has 3 aromatic heterocycles. The molecular weight excluding hydrogens is 492 g/mol. The minimum Gasteiger partial charge on any atom is -0.309 e. The molecule has 0 aliphatic carbocycles. The third kappa shape index (κ3) is 2.85. The first-order valence-corrected chi connectivity index (χ1v) is 14.1. The number of hydrogen-bond donors (Lipinski definition) is 0. The summed E-state index contributed by atoms with van der Waals surface area (Å²) in [5, 5.41) is 7.89. The highest BCUT2D eigenvalue weighted by molar-refractivity contribution is 7.26. The molecule has 3 heteroatoms.